The molecular formula is C15H16F2N2. The third kappa shape index (κ3) is 2.49. The number of benzene rings is 1. The van der Waals surface area contributed by atoms with Crippen molar-refractivity contribution in [2.45, 2.75) is 19.9 Å². The van der Waals surface area contributed by atoms with Crippen molar-refractivity contribution in [3.63, 3.8) is 0 Å². The van der Waals surface area contributed by atoms with Crippen molar-refractivity contribution < 1.29 is 8.78 Å². The lowest BCUT2D eigenvalue weighted by Gasteiger charge is -2.20. The number of hydrogen-bond acceptors (Lipinski definition) is 2. The van der Waals surface area contributed by atoms with Crippen molar-refractivity contribution in [3.05, 3.63) is 64.5 Å². The highest BCUT2D eigenvalue weighted by Crippen LogP contribution is 2.29. The third-order valence-electron chi connectivity index (χ3n) is 3.26. The number of nitrogens with zero attached hydrogens (tertiary/aromatic N) is 1. The zero-order chi connectivity index (χ0) is 14.0. The lowest BCUT2D eigenvalue weighted by molar-refractivity contribution is 0.516. The largest absolute Gasteiger partial charge is 0.309 e. The van der Waals surface area contributed by atoms with Crippen LogP contribution in [0.4, 0.5) is 8.78 Å². The summed E-state index contributed by atoms with van der Waals surface area (Å²) in [6.07, 6.45) is 1.66. The first kappa shape index (κ1) is 13.6. The third-order valence-corrected chi connectivity index (χ3v) is 3.26. The molecule has 1 N–H and O–H groups in total. The molecule has 4 heteroatoms. The zero-order valence-electron chi connectivity index (χ0n) is 11.2. The second kappa shape index (κ2) is 5.45. The van der Waals surface area contributed by atoms with Crippen LogP contribution < -0.4 is 5.32 Å². The maximum absolute atomic E-state index is 14.2. The van der Waals surface area contributed by atoms with E-state index in [1.807, 2.05) is 13.0 Å². The fourth-order valence-electron chi connectivity index (χ4n) is 2.20. The van der Waals surface area contributed by atoms with Crippen LogP contribution >= 0.6 is 0 Å². The Kier molecular flexibility index (Phi) is 3.90. The minimum Gasteiger partial charge on any atom is -0.309 e. The van der Waals surface area contributed by atoms with Crippen LogP contribution in [-0.4, -0.2) is 12.0 Å². The fourth-order valence-corrected chi connectivity index (χ4v) is 2.20. The van der Waals surface area contributed by atoms with Crippen molar-refractivity contribution in [2.24, 2.45) is 0 Å². The number of aryl methyl sites for hydroxylation is 2. The molecule has 1 heterocycles. The average Bonchev–Trinajstić information content (AvgIpc) is 2.40. The van der Waals surface area contributed by atoms with Crippen LogP contribution in [0.1, 0.15) is 28.4 Å². The Labute approximate surface area is 111 Å². The summed E-state index contributed by atoms with van der Waals surface area (Å²) >= 11 is 0. The Morgan fingerprint density at radius 2 is 1.89 bits per heavy atom. The van der Waals surface area contributed by atoms with E-state index in [1.54, 1.807) is 26.2 Å². The van der Waals surface area contributed by atoms with E-state index in [0.717, 1.165) is 11.3 Å². The summed E-state index contributed by atoms with van der Waals surface area (Å²) in [5.41, 5.74) is 1.99. The van der Waals surface area contributed by atoms with Crippen LogP contribution in [0, 0.1) is 25.5 Å². The molecule has 100 valence electrons. The number of rotatable bonds is 3. The molecule has 0 amide bonds. The van der Waals surface area contributed by atoms with Crippen LogP contribution in [0.25, 0.3) is 0 Å². The summed E-state index contributed by atoms with van der Waals surface area (Å²) < 4.78 is 28.2. The van der Waals surface area contributed by atoms with Gasteiger partial charge in [-0.05, 0) is 44.2 Å². The van der Waals surface area contributed by atoms with Crippen molar-refractivity contribution in [1.82, 2.24) is 10.3 Å². The van der Waals surface area contributed by atoms with Crippen LogP contribution in [0.3, 0.4) is 0 Å². The molecular weight excluding hydrogens is 246 g/mol. The van der Waals surface area contributed by atoms with Gasteiger partial charge in [0.15, 0.2) is 0 Å². The van der Waals surface area contributed by atoms with Crippen LogP contribution in [0.2, 0.25) is 0 Å². The normalized spacial score (nSPS) is 12.5. The first-order valence-electron chi connectivity index (χ1n) is 6.09. The topological polar surface area (TPSA) is 24.9 Å². The summed E-state index contributed by atoms with van der Waals surface area (Å²) in [7, 11) is 1.68. The van der Waals surface area contributed by atoms with Crippen molar-refractivity contribution in [1.29, 1.82) is 0 Å². The van der Waals surface area contributed by atoms with Gasteiger partial charge >= 0.3 is 0 Å². The van der Waals surface area contributed by atoms with Crippen molar-refractivity contribution in [2.75, 3.05) is 7.05 Å². The van der Waals surface area contributed by atoms with E-state index >= 15 is 0 Å². The second-order valence-electron chi connectivity index (χ2n) is 4.49. The highest BCUT2D eigenvalue weighted by atomic mass is 19.1. The highest BCUT2D eigenvalue weighted by molar-refractivity contribution is 5.37. The van der Waals surface area contributed by atoms with Crippen LogP contribution in [0.5, 0.6) is 0 Å². The van der Waals surface area contributed by atoms with Gasteiger partial charge in [-0.15, -0.1) is 0 Å². The Hall–Kier alpha value is -1.81. The summed E-state index contributed by atoms with van der Waals surface area (Å²) in [5, 5.41) is 2.96. The van der Waals surface area contributed by atoms with Gasteiger partial charge < -0.3 is 5.32 Å². The molecule has 19 heavy (non-hydrogen) atoms. The van der Waals surface area contributed by atoms with Gasteiger partial charge in [0.2, 0.25) is 0 Å². The SMILES string of the molecule is CNC(c1cccnc1C)c1c(F)ccc(C)c1F. The monoisotopic (exact) mass is 262 g/mol. The van der Waals surface area contributed by atoms with Crippen LogP contribution in [0.15, 0.2) is 30.5 Å². The molecule has 0 fully saturated rings. The van der Waals surface area contributed by atoms with Gasteiger partial charge in [-0.1, -0.05) is 12.1 Å². The zero-order valence-corrected chi connectivity index (χ0v) is 11.2. The van der Waals surface area contributed by atoms with Gasteiger partial charge in [-0.25, -0.2) is 8.78 Å². The maximum Gasteiger partial charge on any atom is 0.134 e. The predicted molar refractivity (Wildman–Crippen MR) is 71.0 cm³/mol. The molecule has 0 saturated heterocycles. The van der Waals surface area contributed by atoms with Crippen molar-refractivity contribution >= 4 is 0 Å². The Balaban J connectivity index is 2.61. The number of pyridine rings is 1. The van der Waals surface area contributed by atoms with E-state index in [-0.39, 0.29) is 5.56 Å². The quantitative estimate of drug-likeness (QED) is 0.918. The van der Waals surface area contributed by atoms with Gasteiger partial charge in [-0.2, -0.15) is 0 Å². The van der Waals surface area contributed by atoms with Gasteiger partial charge in [-0.3, -0.25) is 4.98 Å². The molecule has 0 aliphatic rings. The average molecular weight is 262 g/mol. The predicted octanol–water partition coefficient (Wildman–Crippen LogP) is 3.29. The summed E-state index contributed by atoms with van der Waals surface area (Å²) in [6.45, 7) is 3.45. The minimum absolute atomic E-state index is 0.0404. The number of halogens is 2. The molecule has 0 aliphatic carbocycles. The van der Waals surface area contributed by atoms with Gasteiger partial charge in [0.25, 0.3) is 0 Å². The Morgan fingerprint density at radius 3 is 2.53 bits per heavy atom. The summed E-state index contributed by atoms with van der Waals surface area (Å²) in [4.78, 5) is 4.17. The molecule has 1 aromatic heterocycles. The molecule has 2 aromatic rings. The first-order valence-corrected chi connectivity index (χ1v) is 6.09. The van der Waals surface area contributed by atoms with E-state index in [2.05, 4.69) is 10.3 Å². The lowest BCUT2D eigenvalue weighted by Crippen LogP contribution is -2.22. The summed E-state index contributed by atoms with van der Waals surface area (Å²) in [6, 6.07) is 5.78. The first-order chi connectivity index (χ1) is 9.06. The standard InChI is InChI=1S/C15H16F2N2/c1-9-6-7-12(16)13(14(9)17)15(18-3)11-5-4-8-19-10(11)2/h4-8,15,18H,1-3H3. The van der Waals surface area contributed by atoms with Gasteiger partial charge in [0.05, 0.1) is 6.04 Å². The van der Waals surface area contributed by atoms with E-state index in [0.29, 0.717) is 5.56 Å². The second-order valence-corrected chi connectivity index (χ2v) is 4.49. The molecule has 2 nitrogen and oxygen atoms in total. The minimum atomic E-state index is -0.550. The number of nitrogens with one attached hydrogen (secondary N) is 1. The van der Waals surface area contributed by atoms with E-state index in [4.69, 9.17) is 0 Å². The molecule has 0 spiro atoms. The molecule has 2 rings (SSSR count). The highest BCUT2D eigenvalue weighted by Gasteiger charge is 2.23. The number of aromatic nitrogens is 1. The maximum atomic E-state index is 14.2. The van der Waals surface area contributed by atoms with Crippen molar-refractivity contribution in [3.8, 4) is 0 Å². The lowest BCUT2D eigenvalue weighted by atomic mass is 9.95. The Bertz CT molecular complexity index is 597. The van der Waals surface area contributed by atoms with E-state index < -0.39 is 17.7 Å². The van der Waals surface area contributed by atoms with E-state index in [1.165, 1.54) is 12.1 Å². The molecule has 0 bridgehead atoms. The smallest absolute Gasteiger partial charge is 0.134 e. The molecule has 1 unspecified atom stereocenters. The summed E-state index contributed by atoms with van der Waals surface area (Å²) in [5.74, 6) is -1.06. The molecule has 1 aromatic carbocycles. The van der Waals surface area contributed by atoms with E-state index in [9.17, 15) is 8.78 Å². The molecule has 1 atom stereocenters. The molecule has 0 aliphatic heterocycles. The van der Waals surface area contributed by atoms with Gasteiger partial charge in [0, 0.05) is 17.5 Å². The van der Waals surface area contributed by atoms with Gasteiger partial charge in [0.1, 0.15) is 11.6 Å². The Morgan fingerprint density at radius 1 is 1.16 bits per heavy atom. The molecule has 0 saturated carbocycles. The van der Waals surface area contributed by atoms with Crippen LogP contribution in [-0.2, 0) is 0 Å². The number of hydrogen-bond donors (Lipinski definition) is 1. The fraction of sp³-hybridized carbons (Fsp3) is 0.267. The molecule has 0 radical (unpaired) electrons.